The number of benzene rings is 1. The molecule has 21 heavy (non-hydrogen) atoms. The molecule has 0 spiro atoms. The zero-order chi connectivity index (χ0) is 16.0. The number of carbonyl (C=O) groups excluding carboxylic acids is 2. The van der Waals surface area contributed by atoms with E-state index in [1.54, 1.807) is 19.1 Å². The van der Waals surface area contributed by atoms with Gasteiger partial charge in [-0.3, -0.25) is 10.1 Å². The van der Waals surface area contributed by atoms with E-state index in [1.807, 2.05) is 0 Å². The Morgan fingerprint density at radius 3 is 2.67 bits per heavy atom. The summed E-state index contributed by atoms with van der Waals surface area (Å²) >= 11 is 10.8. The number of halogens is 1. The van der Waals surface area contributed by atoms with Crippen LogP contribution in [0, 0.1) is 0 Å². The maximum absolute atomic E-state index is 11.7. The van der Waals surface area contributed by atoms with Crippen molar-refractivity contribution in [3.63, 3.8) is 0 Å². The van der Waals surface area contributed by atoms with E-state index in [0.717, 1.165) is 0 Å². The van der Waals surface area contributed by atoms with Gasteiger partial charge in [-0.25, -0.2) is 4.79 Å². The van der Waals surface area contributed by atoms with Crippen LogP contribution in [-0.2, 0) is 4.79 Å². The lowest BCUT2D eigenvalue weighted by atomic mass is 10.2. The highest BCUT2D eigenvalue weighted by Crippen LogP contribution is 2.23. The van der Waals surface area contributed by atoms with Crippen molar-refractivity contribution in [3.05, 3.63) is 28.8 Å². The molecular weight excluding hydrogens is 314 g/mol. The number of amides is 3. The second-order valence-electron chi connectivity index (χ2n) is 4.11. The summed E-state index contributed by atoms with van der Waals surface area (Å²) in [4.78, 5) is 23.1. The lowest BCUT2D eigenvalue weighted by Gasteiger charge is -2.15. The average Bonchev–Trinajstić information content (AvgIpc) is 2.38. The molecular formula is C13H16ClN3O3S. The lowest BCUT2D eigenvalue weighted by molar-refractivity contribution is -0.126. The zero-order valence-corrected chi connectivity index (χ0v) is 13.2. The highest BCUT2D eigenvalue weighted by molar-refractivity contribution is 7.80. The first-order chi connectivity index (χ1) is 9.85. The van der Waals surface area contributed by atoms with E-state index in [9.17, 15) is 9.59 Å². The number of hydrogen-bond acceptors (Lipinski definition) is 4. The standard InChI is InChI=1S/C13H16ClN3O3S/c1-3-16-13(19)17-12(18)7(2)20-8-4-5-9(11(15)21)10(14)6-8/h4-7H,3H2,1-2H3,(H2,15,21)(H2,16,17,18,19). The number of nitrogens with two attached hydrogens (primary N) is 1. The van der Waals surface area contributed by atoms with E-state index in [4.69, 9.17) is 34.3 Å². The number of ether oxygens (including phenoxy) is 1. The minimum absolute atomic E-state index is 0.175. The molecule has 114 valence electrons. The maximum atomic E-state index is 11.7. The van der Waals surface area contributed by atoms with Gasteiger partial charge in [0.25, 0.3) is 5.91 Å². The Morgan fingerprint density at radius 1 is 1.48 bits per heavy atom. The van der Waals surface area contributed by atoms with Crippen molar-refractivity contribution < 1.29 is 14.3 Å². The highest BCUT2D eigenvalue weighted by Gasteiger charge is 2.17. The van der Waals surface area contributed by atoms with E-state index in [1.165, 1.54) is 13.0 Å². The van der Waals surface area contributed by atoms with Crippen LogP contribution in [0.5, 0.6) is 5.75 Å². The van der Waals surface area contributed by atoms with Gasteiger partial charge < -0.3 is 15.8 Å². The molecule has 0 radical (unpaired) electrons. The van der Waals surface area contributed by atoms with E-state index in [-0.39, 0.29) is 4.99 Å². The summed E-state index contributed by atoms with van der Waals surface area (Å²) < 4.78 is 5.41. The van der Waals surface area contributed by atoms with Gasteiger partial charge in [-0.2, -0.15) is 0 Å². The number of hydrogen-bond donors (Lipinski definition) is 3. The Bertz CT molecular complexity index is 566. The molecule has 0 bridgehead atoms. The monoisotopic (exact) mass is 329 g/mol. The molecule has 1 rings (SSSR count). The second-order valence-corrected chi connectivity index (χ2v) is 4.96. The summed E-state index contributed by atoms with van der Waals surface area (Å²) in [6, 6.07) is 4.14. The highest BCUT2D eigenvalue weighted by atomic mass is 35.5. The summed E-state index contributed by atoms with van der Waals surface area (Å²) in [7, 11) is 0. The number of nitrogens with one attached hydrogen (secondary N) is 2. The van der Waals surface area contributed by atoms with Crippen LogP contribution < -0.4 is 21.1 Å². The van der Waals surface area contributed by atoms with Crippen LogP contribution in [-0.4, -0.2) is 29.6 Å². The molecule has 1 aromatic rings. The number of thiocarbonyl (C=S) groups is 1. The third kappa shape index (κ3) is 5.20. The van der Waals surface area contributed by atoms with Crippen LogP contribution in [0.3, 0.4) is 0 Å². The first-order valence-corrected chi connectivity index (χ1v) is 6.98. The van der Waals surface area contributed by atoms with E-state index >= 15 is 0 Å². The molecule has 0 fully saturated rings. The fourth-order valence-electron chi connectivity index (χ4n) is 1.44. The molecule has 3 amide bonds. The number of rotatable bonds is 5. The number of imide groups is 1. The Kier molecular flexibility index (Phi) is 6.39. The summed E-state index contributed by atoms with van der Waals surface area (Å²) in [6.07, 6.45) is -0.862. The average molecular weight is 330 g/mol. The van der Waals surface area contributed by atoms with Crippen LogP contribution in [0.1, 0.15) is 19.4 Å². The lowest BCUT2D eigenvalue weighted by Crippen LogP contribution is -2.45. The quantitative estimate of drug-likeness (QED) is 0.713. The molecule has 8 heteroatoms. The molecule has 0 aliphatic carbocycles. The molecule has 1 unspecified atom stereocenters. The van der Waals surface area contributed by atoms with E-state index in [2.05, 4.69) is 10.6 Å². The first-order valence-electron chi connectivity index (χ1n) is 6.19. The largest absolute Gasteiger partial charge is 0.481 e. The van der Waals surface area contributed by atoms with Crippen molar-refractivity contribution in [3.8, 4) is 5.75 Å². The summed E-state index contributed by atoms with van der Waals surface area (Å²) in [5.41, 5.74) is 6.02. The first kappa shape index (κ1) is 17.2. The van der Waals surface area contributed by atoms with Crippen LogP contribution in [0.15, 0.2) is 18.2 Å². The van der Waals surface area contributed by atoms with Gasteiger partial charge in [0.15, 0.2) is 6.10 Å². The SMILES string of the molecule is CCNC(=O)NC(=O)C(C)Oc1ccc(C(N)=S)c(Cl)c1. The molecule has 1 atom stereocenters. The van der Waals surface area contributed by atoms with Crippen LogP contribution in [0.25, 0.3) is 0 Å². The van der Waals surface area contributed by atoms with Gasteiger partial charge in [0, 0.05) is 12.1 Å². The number of carbonyl (C=O) groups is 2. The summed E-state index contributed by atoms with van der Waals surface area (Å²) in [5.74, 6) is -0.186. The van der Waals surface area contributed by atoms with Gasteiger partial charge in [0.2, 0.25) is 0 Å². The minimum Gasteiger partial charge on any atom is -0.481 e. The van der Waals surface area contributed by atoms with Gasteiger partial charge in [0.05, 0.1) is 5.02 Å². The minimum atomic E-state index is -0.862. The molecule has 0 aliphatic heterocycles. The second kappa shape index (κ2) is 7.80. The van der Waals surface area contributed by atoms with Crippen LogP contribution in [0.4, 0.5) is 4.79 Å². The van der Waals surface area contributed by atoms with Crippen molar-refractivity contribution in [2.75, 3.05) is 6.54 Å². The van der Waals surface area contributed by atoms with Crippen molar-refractivity contribution >= 4 is 40.7 Å². The molecule has 0 aliphatic rings. The fourth-order valence-corrected chi connectivity index (χ4v) is 1.95. The predicted octanol–water partition coefficient (Wildman–Crippen LogP) is 1.59. The smallest absolute Gasteiger partial charge is 0.321 e. The molecule has 0 aromatic heterocycles. The van der Waals surface area contributed by atoms with E-state index < -0.39 is 18.0 Å². The van der Waals surface area contributed by atoms with Crippen LogP contribution in [0.2, 0.25) is 5.02 Å². The molecule has 0 heterocycles. The van der Waals surface area contributed by atoms with Crippen molar-refractivity contribution in [1.82, 2.24) is 10.6 Å². The zero-order valence-electron chi connectivity index (χ0n) is 11.6. The van der Waals surface area contributed by atoms with Crippen molar-refractivity contribution in [2.24, 2.45) is 5.73 Å². The normalized spacial score (nSPS) is 11.4. The third-order valence-electron chi connectivity index (χ3n) is 2.46. The number of urea groups is 1. The molecule has 6 nitrogen and oxygen atoms in total. The topological polar surface area (TPSA) is 93.5 Å². The maximum Gasteiger partial charge on any atom is 0.321 e. The molecule has 1 aromatic carbocycles. The molecule has 0 saturated heterocycles. The Hall–Kier alpha value is -1.86. The van der Waals surface area contributed by atoms with Gasteiger partial charge in [-0.1, -0.05) is 23.8 Å². The van der Waals surface area contributed by atoms with Crippen molar-refractivity contribution in [1.29, 1.82) is 0 Å². The van der Waals surface area contributed by atoms with Crippen LogP contribution >= 0.6 is 23.8 Å². The van der Waals surface area contributed by atoms with Crippen molar-refractivity contribution in [2.45, 2.75) is 20.0 Å². The molecule has 4 N–H and O–H groups in total. The van der Waals surface area contributed by atoms with Gasteiger partial charge in [-0.15, -0.1) is 0 Å². The summed E-state index contributed by atoms with van der Waals surface area (Å²) in [6.45, 7) is 3.68. The van der Waals surface area contributed by atoms with Gasteiger partial charge >= 0.3 is 6.03 Å². The third-order valence-corrected chi connectivity index (χ3v) is 2.99. The Balaban J connectivity index is 2.68. The fraction of sp³-hybridized carbons (Fsp3) is 0.308. The van der Waals surface area contributed by atoms with Gasteiger partial charge in [0.1, 0.15) is 10.7 Å². The molecule has 0 saturated carbocycles. The Morgan fingerprint density at radius 2 is 2.14 bits per heavy atom. The van der Waals surface area contributed by atoms with E-state index in [0.29, 0.717) is 22.9 Å². The van der Waals surface area contributed by atoms with Gasteiger partial charge in [-0.05, 0) is 32.0 Å². The predicted molar refractivity (Wildman–Crippen MR) is 84.6 cm³/mol. The summed E-state index contributed by atoms with van der Waals surface area (Å²) in [5, 5.41) is 4.94. The Labute approximate surface area is 133 Å².